The van der Waals surface area contributed by atoms with Crippen molar-refractivity contribution in [2.45, 2.75) is 24.7 Å². The van der Waals surface area contributed by atoms with E-state index in [0.29, 0.717) is 16.3 Å². The van der Waals surface area contributed by atoms with Gasteiger partial charge in [-0.05, 0) is 58.1 Å². The first-order valence-electron chi connectivity index (χ1n) is 9.15. The van der Waals surface area contributed by atoms with E-state index < -0.39 is 10.0 Å². The van der Waals surface area contributed by atoms with Crippen molar-refractivity contribution in [1.82, 2.24) is 15.0 Å². The molecular weight excluding hydrogens is 414 g/mol. The van der Waals surface area contributed by atoms with Crippen LogP contribution in [0.25, 0.3) is 10.2 Å². The number of amides is 1. The second-order valence-corrected chi connectivity index (χ2v) is 9.82. The molecule has 1 saturated heterocycles. The Labute approximate surface area is 172 Å². The van der Waals surface area contributed by atoms with E-state index in [0.717, 1.165) is 36.9 Å². The van der Waals surface area contributed by atoms with Gasteiger partial charge in [0.15, 0.2) is 5.13 Å². The molecule has 1 amide bonds. The molecule has 4 rings (SSSR count). The van der Waals surface area contributed by atoms with Gasteiger partial charge in [0.25, 0.3) is 10.0 Å². The van der Waals surface area contributed by atoms with Crippen LogP contribution in [0.15, 0.2) is 33.9 Å². The number of piperidine rings is 1. The van der Waals surface area contributed by atoms with Crippen molar-refractivity contribution in [3.8, 4) is 0 Å². The molecule has 2 N–H and O–H groups in total. The summed E-state index contributed by atoms with van der Waals surface area (Å²) >= 11 is 1.31. The fraction of sp³-hybridized carbons (Fsp3) is 0.389. The zero-order valence-corrected chi connectivity index (χ0v) is 17.6. The van der Waals surface area contributed by atoms with Gasteiger partial charge < -0.3 is 14.7 Å². The summed E-state index contributed by atoms with van der Waals surface area (Å²) in [5, 5.41) is 7.02. The van der Waals surface area contributed by atoms with Crippen LogP contribution in [0.5, 0.6) is 0 Å². The van der Waals surface area contributed by atoms with Gasteiger partial charge in [-0.1, -0.05) is 16.5 Å². The van der Waals surface area contributed by atoms with E-state index in [2.05, 4.69) is 32.1 Å². The monoisotopic (exact) mass is 435 g/mol. The van der Waals surface area contributed by atoms with Crippen LogP contribution in [0.3, 0.4) is 0 Å². The molecule has 9 nitrogen and oxygen atoms in total. The topological polar surface area (TPSA) is 117 Å². The van der Waals surface area contributed by atoms with E-state index in [1.807, 2.05) is 0 Å². The summed E-state index contributed by atoms with van der Waals surface area (Å²) in [6.45, 7) is 3.38. The highest BCUT2D eigenvalue weighted by Gasteiger charge is 2.24. The maximum absolute atomic E-state index is 12.5. The first kappa shape index (κ1) is 19.8. The van der Waals surface area contributed by atoms with Gasteiger partial charge in [-0.25, -0.2) is 13.4 Å². The number of carbonyl (C=O) groups excluding carboxylic acids is 1. The molecule has 0 unspecified atom stereocenters. The van der Waals surface area contributed by atoms with E-state index in [-0.39, 0.29) is 22.4 Å². The molecule has 1 aromatic carbocycles. The molecule has 0 saturated carbocycles. The number of thiazole rings is 1. The summed E-state index contributed by atoms with van der Waals surface area (Å²) in [6.07, 6.45) is 2.77. The van der Waals surface area contributed by atoms with Gasteiger partial charge in [-0.2, -0.15) is 0 Å². The third-order valence-corrected chi connectivity index (χ3v) is 7.36. The lowest BCUT2D eigenvalue weighted by Crippen LogP contribution is -2.35. The number of rotatable bonds is 5. The minimum Gasteiger partial charge on any atom is -0.363 e. The Bertz CT molecular complexity index is 1150. The van der Waals surface area contributed by atoms with E-state index >= 15 is 0 Å². The van der Waals surface area contributed by atoms with Crippen molar-refractivity contribution in [1.29, 1.82) is 0 Å². The second kappa shape index (κ2) is 7.73. The van der Waals surface area contributed by atoms with Crippen LogP contribution in [-0.4, -0.2) is 49.5 Å². The number of benzene rings is 1. The molecular formula is C18H21N5O4S2. The van der Waals surface area contributed by atoms with Gasteiger partial charge in [0, 0.05) is 5.92 Å². The van der Waals surface area contributed by atoms with Crippen LogP contribution in [0.4, 0.5) is 10.8 Å². The lowest BCUT2D eigenvalue weighted by atomic mass is 9.96. The fourth-order valence-corrected chi connectivity index (χ4v) is 5.32. The highest BCUT2D eigenvalue weighted by atomic mass is 32.2. The molecule has 0 bridgehead atoms. The number of sulfonamides is 1. The average Bonchev–Trinajstić information content (AvgIpc) is 3.27. The summed E-state index contributed by atoms with van der Waals surface area (Å²) in [6, 6.07) is 5.04. The minimum atomic E-state index is -3.80. The number of hydrogen-bond acceptors (Lipinski definition) is 8. The number of nitrogens with one attached hydrogen (secondary N) is 2. The standard InChI is InChI=1S/C18H21N5O4S2/c1-11-16(10-27-21-11)29(25,26)22-13-3-4-14-15(9-13)28-18(19-14)20-17(24)12-5-7-23(2)8-6-12/h3-4,9-10,12,22H,5-8H2,1-2H3,(H,19,20,24). The average molecular weight is 436 g/mol. The first-order valence-corrected chi connectivity index (χ1v) is 11.5. The Morgan fingerprint density at radius 3 is 2.76 bits per heavy atom. The third kappa shape index (κ3) is 4.26. The summed E-state index contributed by atoms with van der Waals surface area (Å²) in [5.41, 5.74) is 1.38. The van der Waals surface area contributed by atoms with E-state index in [1.165, 1.54) is 11.3 Å². The van der Waals surface area contributed by atoms with Crippen molar-refractivity contribution >= 4 is 48.3 Å². The molecule has 0 spiro atoms. The van der Waals surface area contributed by atoms with Gasteiger partial charge in [0.2, 0.25) is 5.91 Å². The predicted molar refractivity (Wildman–Crippen MR) is 111 cm³/mol. The van der Waals surface area contributed by atoms with Crippen LogP contribution >= 0.6 is 11.3 Å². The Kier molecular flexibility index (Phi) is 5.28. The fourth-order valence-electron chi connectivity index (χ4n) is 3.27. The lowest BCUT2D eigenvalue weighted by molar-refractivity contribution is -0.121. The maximum Gasteiger partial charge on any atom is 0.267 e. The number of aryl methyl sites for hydroxylation is 1. The Hall–Kier alpha value is -2.50. The quantitative estimate of drug-likeness (QED) is 0.633. The molecule has 0 radical (unpaired) electrons. The SMILES string of the molecule is Cc1nocc1S(=O)(=O)Nc1ccc2nc(NC(=O)C3CCN(C)CC3)sc2c1. The van der Waals surface area contributed by atoms with Gasteiger partial charge in [-0.3, -0.25) is 9.52 Å². The number of carbonyl (C=O) groups is 1. The van der Waals surface area contributed by atoms with Crippen LogP contribution in [0, 0.1) is 12.8 Å². The number of nitrogens with zero attached hydrogens (tertiary/aromatic N) is 3. The van der Waals surface area contributed by atoms with E-state index in [9.17, 15) is 13.2 Å². The van der Waals surface area contributed by atoms with Crippen molar-refractivity contribution < 1.29 is 17.7 Å². The number of aromatic nitrogens is 2. The molecule has 0 aliphatic carbocycles. The summed E-state index contributed by atoms with van der Waals surface area (Å²) < 4.78 is 33.0. The molecule has 1 fully saturated rings. The van der Waals surface area contributed by atoms with Crippen molar-refractivity contribution in [2.24, 2.45) is 5.92 Å². The number of anilines is 2. The molecule has 0 atom stereocenters. The largest absolute Gasteiger partial charge is 0.363 e. The number of fused-ring (bicyclic) bond motifs is 1. The van der Waals surface area contributed by atoms with Gasteiger partial charge in [-0.15, -0.1) is 0 Å². The number of likely N-dealkylation sites (tertiary alicyclic amines) is 1. The predicted octanol–water partition coefficient (Wildman–Crippen LogP) is 2.67. The Morgan fingerprint density at radius 1 is 1.31 bits per heavy atom. The highest BCUT2D eigenvalue weighted by Crippen LogP contribution is 2.30. The Balaban J connectivity index is 1.49. The minimum absolute atomic E-state index is 0.00650. The van der Waals surface area contributed by atoms with Crippen LogP contribution in [0.1, 0.15) is 18.5 Å². The molecule has 3 aromatic rings. The van der Waals surface area contributed by atoms with Gasteiger partial charge in [0.1, 0.15) is 16.9 Å². The summed E-state index contributed by atoms with van der Waals surface area (Å²) in [4.78, 5) is 19.1. The van der Waals surface area contributed by atoms with Crippen molar-refractivity contribution in [2.75, 3.05) is 30.2 Å². The van der Waals surface area contributed by atoms with Gasteiger partial charge >= 0.3 is 0 Å². The second-order valence-electron chi connectivity index (χ2n) is 7.14. The normalized spacial score (nSPS) is 16.2. The maximum atomic E-state index is 12.5. The van der Waals surface area contributed by atoms with E-state index in [1.54, 1.807) is 25.1 Å². The van der Waals surface area contributed by atoms with Crippen LogP contribution < -0.4 is 10.0 Å². The van der Waals surface area contributed by atoms with Crippen molar-refractivity contribution in [3.63, 3.8) is 0 Å². The molecule has 29 heavy (non-hydrogen) atoms. The van der Waals surface area contributed by atoms with Gasteiger partial charge in [0.05, 0.1) is 15.9 Å². The third-order valence-electron chi connectivity index (χ3n) is 4.96. The molecule has 1 aliphatic heterocycles. The zero-order valence-electron chi connectivity index (χ0n) is 16.0. The van der Waals surface area contributed by atoms with Crippen LogP contribution in [-0.2, 0) is 14.8 Å². The zero-order chi connectivity index (χ0) is 20.6. The van der Waals surface area contributed by atoms with Crippen LogP contribution in [0.2, 0.25) is 0 Å². The summed E-state index contributed by atoms with van der Waals surface area (Å²) in [5.74, 6) is -0.0200. The summed E-state index contributed by atoms with van der Waals surface area (Å²) in [7, 11) is -1.74. The molecule has 3 heterocycles. The smallest absolute Gasteiger partial charge is 0.267 e. The number of hydrogen-bond donors (Lipinski definition) is 2. The first-order chi connectivity index (χ1) is 13.8. The molecule has 11 heteroatoms. The van der Waals surface area contributed by atoms with Crippen molar-refractivity contribution in [3.05, 3.63) is 30.2 Å². The highest BCUT2D eigenvalue weighted by molar-refractivity contribution is 7.92. The lowest BCUT2D eigenvalue weighted by Gasteiger charge is -2.27. The molecule has 1 aliphatic rings. The Morgan fingerprint density at radius 2 is 2.07 bits per heavy atom. The molecule has 2 aromatic heterocycles. The van der Waals surface area contributed by atoms with E-state index in [4.69, 9.17) is 4.52 Å². The molecule has 154 valence electrons.